The maximum absolute atomic E-state index is 10.7. The number of hydrogen-bond acceptors (Lipinski definition) is 5. The minimum absolute atomic E-state index is 0.276. The number of aliphatic imine (C=N–C) groups is 1. The molecule has 7 nitrogen and oxygen atoms in total. The third-order valence-electron chi connectivity index (χ3n) is 4.60. The van der Waals surface area contributed by atoms with Crippen LogP contribution in [0.3, 0.4) is 0 Å². The molecule has 0 saturated heterocycles. The van der Waals surface area contributed by atoms with E-state index in [0.29, 0.717) is 30.1 Å². The summed E-state index contributed by atoms with van der Waals surface area (Å²) < 4.78 is 11.3. The van der Waals surface area contributed by atoms with Crippen LogP contribution >= 0.6 is 0 Å². The molecule has 3 rings (SSSR count). The van der Waals surface area contributed by atoms with Gasteiger partial charge in [-0.1, -0.05) is 0 Å². The number of ether oxygens (including phenoxy) is 1. The molecule has 0 spiro atoms. The first-order valence-corrected chi connectivity index (χ1v) is 9.85. The molecule has 1 aliphatic carbocycles. The summed E-state index contributed by atoms with van der Waals surface area (Å²) in [7, 11) is 0. The number of nitrogens with one attached hydrogen (secondary N) is 2. The molecule has 3 N–H and O–H groups in total. The van der Waals surface area contributed by atoms with Gasteiger partial charge in [0.2, 0.25) is 5.88 Å². The second-order valence-corrected chi connectivity index (χ2v) is 7.49. The number of nitrogens with zero attached hydrogens (tertiary/aromatic N) is 2. The van der Waals surface area contributed by atoms with E-state index in [1.165, 1.54) is 12.8 Å². The summed E-state index contributed by atoms with van der Waals surface area (Å²) in [6.07, 6.45) is 4.25. The standard InChI is InChI=1S/C21H30N4O3/c1-4-22-20(25-14-21(3,26)18-8-5-15(2)28-18)24-12-17-9-10-23-19(11-17)27-13-16-6-7-16/h5,8-11,16,26H,4,6-7,12-14H2,1-3H3,(H2,22,24,25). The smallest absolute Gasteiger partial charge is 0.213 e. The van der Waals surface area contributed by atoms with Crippen molar-refractivity contribution in [1.82, 2.24) is 15.6 Å². The summed E-state index contributed by atoms with van der Waals surface area (Å²) in [5.74, 6) is 3.27. The quantitative estimate of drug-likeness (QED) is 0.453. The zero-order valence-corrected chi connectivity index (χ0v) is 16.9. The fraction of sp³-hybridized carbons (Fsp3) is 0.524. The molecule has 0 aliphatic heterocycles. The minimum atomic E-state index is -1.13. The fourth-order valence-corrected chi connectivity index (χ4v) is 2.69. The van der Waals surface area contributed by atoms with E-state index in [0.717, 1.165) is 24.5 Å². The third kappa shape index (κ3) is 5.99. The van der Waals surface area contributed by atoms with Gasteiger partial charge in [-0.05, 0) is 63.3 Å². The van der Waals surface area contributed by atoms with Gasteiger partial charge in [-0.2, -0.15) is 0 Å². The van der Waals surface area contributed by atoms with Crippen molar-refractivity contribution in [2.75, 3.05) is 19.7 Å². The van der Waals surface area contributed by atoms with Crippen LogP contribution in [-0.2, 0) is 12.1 Å². The van der Waals surface area contributed by atoms with Crippen molar-refractivity contribution >= 4 is 5.96 Å². The van der Waals surface area contributed by atoms with Gasteiger partial charge < -0.3 is 24.9 Å². The summed E-state index contributed by atoms with van der Waals surface area (Å²) in [5, 5.41) is 17.1. The highest BCUT2D eigenvalue weighted by molar-refractivity contribution is 5.79. The van der Waals surface area contributed by atoms with Crippen molar-refractivity contribution in [3.05, 3.63) is 47.5 Å². The van der Waals surface area contributed by atoms with Crippen molar-refractivity contribution in [3.8, 4) is 5.88 Å². The number of aromatic nitrogens is 1. The highest BCUT2D eigenvalue weighted by Crippen LogP contribution is 2.29. The van der Waals surface area contributed by atoms with Crippen LogP contribution in [0.4, 0.5) is 0 Å². The van der Waals surface area contributed by atoms with E-state index in [4.69, 9.17) is 9.15 Å². The van der Waals surface area contributed by atoms with Crippen molar-refractivity contribution in [3.63, 3.8) is 0 Å². The van der Waals surface area contributed by atoms with Crippen LogP contribution < -0.4 is 15.4 Å². The number of guanidine groups is 1. The van der Waals surface area contributed by atoms with Gasteiger partial charge in [-0.15, -0.1) is 0 Å². The number of furan rings is 1. The van der Waals surface area contributed by atoms with E-state index in [2.05, 4.69) is 20.6 Å². The maximum atomic E-state index is 10.7. The Morgan fingerprint density at radius 2 is 2.18 bits per heavy atom. The van der Waals surface area contributed by atoms with Gasteiger partial charge >= 0.3 is 0 Å². The predicted octanol–water partition coefficient (Wildman–Crippen LogP) is 2.73. The number of hydrogen-bond donors (Lipinski definition) is 3. The molecular formula is C21H30N4O3. The van der Waals surface area contributed by atoms with Crippen LogP contribution in [0, 0.1) is 12.8 Å². The highest BCUT2D eigenvalue weighted by atomic mass is 16.5. The molecule has 28 heavy (non-hydrogen) atoms. The fourth-order valence-electron chi connectivity index (χ4n) is 2.69. The van der Waals surface area contributed by atoms with E-state index < -0.39 is 5.60 Å². The second kappa shape index (κ2) is 9.10. The number of pyridine rings is 1. The summed E-state index contributed by atoms with van der Waals surface area (Å²) in [5.41, 5.74) is -0.114. The largest absolute Gasteiger partial charge is 0.477 e. The van der Waals surface area contributed by atoms with Crippen molar-refractivity contribution in [2.24, 2.45) is 10.9 Å². The Balaban J connectivity index is 1.58. The average Bonchev–Trinajstić information content (AvgIpc) is 3.41. The molecule has 7 heteroatoms. The lowest BCUT2D eigenvalue weighted by Gasteiger charge is -2.22. The normalized spacial score (nSPS) is 16.5. The lowest BCUT2D eigenvalue weighted by molar-refractivity contribution is 0.0378. The minimum Gasteiger partial charge on any atom is -0.477 e. The molecular weight excluding hydrogens is 356 g/mol. The lowest BCUT2D eigenvalue weighted by Crippen LogP contribution is -2.44. The molecule has 0 bridgehead atoms. The SMILES string of the molecule is CCNC(=NCc1ccnc(OCC2CC2)c1)NCC(C)(O)c1ccc(C)o1. The van der Waals surface area contributed by atoms with Gasteiger partial charge in [0.05, 0.1) is 19.7 Å². The zero-order chi connectivity index (χ0) is 20.0. The van der Waals surface area contributed by atoms with E-state index >= 15 is 0 Å². The molecule has 1 aliphatic rings. The van der Waals surface area contributed by atoms with E-state index in [1.807, 2.05) is 32.0 Å². The molecule has 1 saturated carbocycles. The molecule has 2 heterocycles. The van der Waals surface area contributed by atoms with Crippen LogP contribution in [0.25, 0.3) is 0 Å². The van der Waals surface area contributed by atoms with Crippen LogP contribution in [0.15, 0.2) is 39.9 Å². The van der Waals surface area contributed by atoms with Crippen molar-refractivity contribution in [2.45, 2.75) is 45.8 Å². The predicted molar refractivity (Wildman–Crippen MR) is 108 cm³/mol. The van der Waals surface area contributed by atoms with Gasteiger partial charge in [-0.3, -0.25) is 0 Å². The first-order valence-electron chi connectivity index (χ1n) is 9.85. The van der Waals surface area contributed by atoms with Gasteiger partial charge in [0.15, 0.2) is 5.96 Å². The molecule has 0 aromatic carbocycles. The topological polar surface area (TPSA) is 91.9 Å². The lowest BCUT2D eigenvalue weighted by atomic mass is 10.0. The monoisotopic (exact) mass is 386 g/mol. The van der Waals surface area contributed by atoms with E-state index in [-0.39, 0.29) is 6.54 Å². The Bertz CT molecular complexity index is 796. The summed E-state index contributed by atoms with van der Waals surface area (Å²) in [6, 6.07) is 7.49. The zero-order valence-electron chi connectivity index (χ0n) is 16.9. The maximum Gasteiger partial charge on any atom is 0.213 e. The number of aryl methyl sites for hydroxylation is 1. The molecule has 1 fully saturated rings. The molecule has 0 radical (unpaired) electrons. The van der Waals surface area contributed by atoms with Gasteiger partial charge in [0.25, 0.3) is 0 Å². The van der Waals surface area contributed by atoms with E-state index in [9.17, 15) is 5.11 Å². The Kier molecular flexibility index (Phi) is 6.57. The molecule has 1 atom stereocenters. The van der Waals surface area contributed by atoms with Crippen LogP contribution in [0.1, 0.15) is 43.8 Å². The summed E-state index contributed by atoms with van der Waals surface area (Å²) in [4.78, 5) is 8.87. The Labute approximate surface area is 166 Å². The highest BCUT2D eigenvalue weighted by Gasteiger charge is 2.27. The molecule has 2 aromatic rings. The summed E-state index contributed by atoms with van der Waals surface area (Å²) >= 11 is 0. The molecule has 2 aromatic heterocycles. The van der Waals surface area contributed by atoms with Gasteiger partial charge in [-0.25, -0.2) is 9.98 Å². The number of aliphatic hydroxyl groups is 1. The van der Waals surface area contributed by atoms with E-state index in [1.54, 1.807) is 19.2 Å². The first-order chi connectivity index (χ1) is 13.5. The molecule has 1 unspecified atom stereocenters. The first kappa shape index (κ1) is 20.2. The third-order valence-corrected chi connectivity index (χ3v) is 4.60. The Hall–Kier alpha value is -2.54. The summed E-state index contributed by atoms with van der Waals surface area (Å²) in [6.45, 7) is 7.80. The van der Waals surface area contributed by atoms with Gasteiger partial charge in [0.1, 0.15) is 17.1 Å². The van der Waals surface area contributed by atoms with Crippen molar-refractivity contribution < 1.29 is 14.3 Å². The Morgan fingerprint density at radius 3 is 2.86 bits per heavy atom. The van der Waals surface area contributed by atoms with Crippen LogP contribution in [-0.4, -0.2) is 35.7 Å². The second-order valence-electron chi connectivity index (χ2n) is 7.49. The number of rotatable bonds is 9. The van der Waals surface area contributed by atoms with Crippen LogP contribution in [0.2, 0.25) is 0 Å². The Morgan fingerprint density at radius 1 is 1.36 bits per heavy atom. The van der Waals surface area contributed by atoms with Gasteiger partial charge in [0, 0.05) is 18.8 Å². The van der Waals surface area contributed by atoms with Crippen LogP contribution in [0.5, 0.6) is 5.88 Å². The molecule has 0 amide bonds. The molecule has 152 valence electrons. The average molecular weight is 386 g/mol. The van der Waals surface area contributed by atoms with Crippen molar-refractivity contribution in [1.29, 1.82) is 0 Å².